The maximum atomic E-state index is 13.3. The molecule has 0 aliphatic carbocycles. The second kappa shape index (κ2) is 13.6. The lowest BCUT2D eigenvalue weighted by Gasteiger charge is -2.25. The molecule has 0 fully saturated rings. The lowest BCUT2D eigenvalue weighted by molar-refractivity contribution is -0.138. The summed E-state index contributed by atoms with van der Waals surface area (Å²) in [6.45, 7) is -5.14. The average molecular weight is 612 g/mol. The zero-order valence-electron chi connectivity index (χ0n) is 21.1. The van der Waals surface area contributed by atoms with Crippen molar-refractivity contribution in [2.45, 2.75) is 12.4 Å². The van der Waals surface area contributed by atoms with Crippen LogP contribution in [0, 0.1) is 0 Å². The van der Waals surface area contributed by atoms with Gasteiger partial charge in [-0.05, 0) is 36.4 Å². The van der Waals surface area contributed by atoms with Crippen molar-refractivity contribution in [2.75, 3.05) is 49.2 Å². The lowest BCUT2D eigenvalue weighted by Crippen LogP contribution is -2.35. The Morgan fingerprint density at radius 3 is 1.10 bits per heavy atom. The van der Waals surface area contributed by atoms with E-state index in [0.29, 0.717) is 34.1 Å². The molecule has 0 bridgehead atoms. The molecule has 0 unspecified atom stereocenters. The number of nitrogens with zero attached hydrogens (tertiary/aromatic N) is 2. The molecular weight excluding hydrogens is 590 g/mol. The van der Waals surface area contributed by atoms with Gasteiger partial charge in [-0.2, -0.15) is 26.3 Å². The van der Waals surface area contributed by atoms with Crippen molar-refractivity contribution in [1.29, 1.82) is 0 Å². The maximum Gasteiger partial charge on any atom is 0.416 e. The first-order valence-electron chi connectivity index (χ1n) is 11.4. The summed E-state index contributed by atoms with van der Waals surface area (Å²) in [4.78, 5) is 46.2. The average Bonchev–Trinajstić information content (AvgIpc) is 2.83. The van der Waals surface area contributed by atoms with Gasteiger partial charge in [0.1, 0.15) is 50.9 Å². The van der Waals surface area contributed by atoms with Crippen molar-refractivity contribution >= 4 is 35.3 Å². The summed E-state index contributed by atoms with van der Waals surface area (Å²) in [5.41, 5.74) is -3.21. The van der Waals surface area contributed by atoms with E-state index < -0.39 is 98.2 Å². The van der Waals surface area contributed by atoms with Crippen LogP contribution in [0.25, 0.3) is 0 Å². The van der Waals surface area contributed by atoms with E-state index in [0.717, 1.165) is 12.1 Å². The van der Waals surface area contributed by atoms with Crippen LogP contribution in [0.3, 0.4) is 0 Å². The van der Waals surface area contributed by atoms with Crippen LogP contribution < -0.4 is 19.3 Å². The fourth-order valence-electron chi connectivity index (χ4n) is 3.54. The van der Waals surface area contributed by atoms with Crippen LogP contribution in [0.4, 0.5) is 37.7 Å². The van der Waals surface area contributed by atoms with Crippen molar-refractivity contribution in [3.8, 4) is 11.5 Å². The van der Waals surface area contributed by atoms with Gasteiger partial charge in [0.25, 0.3) is 0 Å². The number of alkyl halides is 6. The van der Waals surface area contributed by atoms with Gasteiger partial charge in [0.15, 0.2) is 0 Å². The Morgan fingerprint density at radius 1 is 0.571 bits per heavy atom. The molecule has 0 saturated heterocycles. The number of carbonyl (C=O) groups is 4. The maximum absolute atomic E-state index is 13.3. The van der Waals surface area contributed by atoms with Crippen molar-refractivity contribution in [2.24, 2.45) is 0 Å². The molecular formula is C24H22F6N2O10. The Balaban J connectivity index is 2.40. The number of ether oxygens (including phenoxy) is 2. The molecule has 42 heavy (non-hydrogen) atoms. The van der Waals surface area contributed by atoms with Crippen LogP contribution >= 0.6 is 0 Å². The second-order valence-corrected chi connectivity index (χ2v) is 8.34. The highest BCUT2D eigenvalue weighted by Gasteiger charge is 2.33. The van der Waals surface area contributed by atoms with Crippen molar-refractivity contribution in [1.82, 2.24) is 0 Å². The molecule has 18 heteroatoms. The standard InChI is InChI=1S/C24H22F6N2O10/c25-23(26,27)13-1-3-15(31(9-19(33)34)10-20(35)36)17(7-13)41-5-6-42-18-8-14(24(28,29)30)2-4-16(18)32(11-21(37)38)12-22(39)40/h1-4,7-8H,5-6,9-12H2,(H,33,34)(H,35,36)(H,37,38)(H,39,40). The lowest BCUT2D eigenvalue weighted by atomic mass is 10.1. The zero-order valence-corrected chi connectivity index (χ0v) is 21.1. The molecule has 4 N–H and O–H groups in total. The third-order valence-electron chi connectivity index (χ3n) is 5.16. The van der Waals surface area contributed by atoms with Crippen LogP contribution in [0.2, 0.25) is 0 Å². The highest BCUT2D eigenvalue weighted by atomic mass is 19.4. The van der Waals surface area contributed by atoms with Gasteiger partial charge in [-0.1, -0.05) is 0 Å². The van der Waals surface area contributed by atoms with Gasteiger partial charge in [0.2, 0.25) is 0 Å². The van der Waals surface area contributed by atoms with Crippen molar-refractivity contribution < 1.29 is 75.4 Å². The van der Waals surface area contributed by atoms with Crippen molar-refractivity contribution in [3.05, 3.63) is 47.5 Å². The predicted octanol–water partition coefficient (Wildman–Crippen LogP) is 3.13. The minimum Gasteiger partial charge on any atom is -0.488 e. The highest BCUT2D eigenvalue weighted by Crippen LogP contribution is 2.38. The first-order chi connectivity index (χ1) is 19.4. The largest absolute Gasteiger partial charge is 0.488 e. The number of hydrogen-bond acceptors (Lipinski definition) is 8. The number of carboxylic acids is 4. The van der Waals surface area contributed by atoms with E-state index in [1.807, 2.05) is 0 Å². The minimum atomic E-state index is -4.89. The zero-order chi connectivity index (χ0) is 31.8. The van der Waals surface area contributed by atoms with Crippen LogP contribution in [0.15, 0.2) is 36.4 Å². The van der Waals surface area contributed by atoms with Gasteiger partial charge < -0.3 is 39.7 Å². The molecule has 0 aromatic heterocycles. The fraction of sp³-hybridized carbons (Fsp3) is 0.333. The summed E-state index contributed by atoms with van der Waals surface area (Å²) >= 11 is 0. The summed E-state index contributed by atoms with van der Waals surface area (Å²) in [5, 5.41) is 36.4. The Labute approximate surface area is 231 Å². The number of aliphatic carboxylic acids is 4. The van der Waals surface area contributed by atoms with Crippen LogP contribution in [-0.4, -0.2) is 83.7 Å². The Morgan fingerprint density at radius 2 is 0.857 bits per heavy atom. The van der Waals surface area contributed by atoms with Gasteiger partial charge in [-0.25, -0.2) is 0 Å². The number of carboxylic acid groups (broad SMARTS) is 4. The van der Waals surface area contributed by atoms with Gasteiger partial charge in [-0.3, -0.25) is 19.2 Å². The normalized spacial score (nSPS) is 11.5. The van der Waals surface area contributed by atoms with Gasteiger partial charge >= 0.3 is 36.2 Å². The predicted molar refractivity (Wildman–Crippen MR) is 129 cm³/mol. The monoisotopic (exact) mass is 612 g/mol. The van der Waals surface area contributed by atoms with Gasteiger partial charge in [0, 0.05) is 0 Å². The molecule has 230 valence electrons. The molecule has 2 aromatic carbocycles. The van der Waals surface area contributed by atoms with E-state index >= 15 is 0 Å². The molecule has 0 radical (unpaired) electrons. The quantitative estimate of drug-likeness (QED) is 0.171. The Hall–Kier alpha value is -4.90. The molecule has 2 aromatic rings. The number of benzene rings is 2. The highest BCUT2D eigenvalue weighted by molar-refractivity contribution is 5.82. The van der Waals surface area contributed by atoms with E-state index in [4.69, 9.17) is 29.9 Å². The van der Waals surface area contributed by atoms with Crippen LogP contribution in [0.5, 0.6) is 11.5 Å². The molecule has 0 amide bonds. The third-order valence-corrected chi connectivity index (χ3v) is 5.16. The number of halogens is 6. The topological polar surface area (TPSA) is 174 Å². The molecule has 0 atom stereocenters. The summed E-state index contributed by atoms with van der Waals surface area (Å²) < 4.78 is 90.4. The van der Waals surface area contributed by atoms with Crippen molar-refractivity contribution in [3.63, 3.8) is 0 Å². The van der Waals surface area contributed by atoms with E-state index in [1.54, 1.807) is 0 Å². The van der Waals surface area contributed by atoms with E-state index in [-0.39, 0.29) is 11.4 Å². The summed E-state index contributed by atoms with van der Waals surface area (Å²) in [6, 6.07) is 3.61. The Bertz CT molecular complexity index is 1180. The number of hydrogen-bond donors (Lipinski definition) is 4. The third kappa shape index (κ3) is 9.93. The second-order valence-electron chi connectivity index (χ2n) is 8.34. The first kappa shape index (κ1) is 33.3. The molecule has 12 nitrogen and oxygen atoms in total. The molecule has 2 rings (SSSR count). The number of anilines is 2. The summed E-state index contributed by atoms with van der Waals surface area (Å²) in [5.74, 6) is -7.33. The fourth-order valence-corrected chi connectivity index (χ4v) is 3.54. The van der Waals surface area contributed by atoms with Crippen LogP contribution in [-0.2, 0) is 31.5 Å². The number of rotatable bonds is 15. The van der Waals surface area contributed by atoms with E-state index in [2.05, 4.69) is 0 Å². The van der Waals surface area contributed by atoms with E-state index in [1.165, 1.54) is 0 Å². The molecule has 0 spiro atoms. The molecule has 0 aliphatic rings. The Kier molecular flexibility index (Phi) is 10.8. The minimum absolute atomic E-state index is 0.360. The summed E-state index contributed by atoms with van der Waals surface area (Å²) in [7, 11) is 0. The molecule has 0 saturated carbocycles. The van der Waals surface area contributed by atoms with E-state index in [9.17, 15) is 45.5 Å². The summed E-state index contributed by atoms with van der Waals surface area (Å²) in [6.07, 6.45) is -9.77. The smallest absolute Gasteiger partial charge is 0.416 e. The SMILES string of the molecule is O=C(O)CN(CC(=O)O)c1ccc(C(F)(F)F)cc1OCCOc1cc(C(F)(F)F)ccc1N(CC(=O)O)CC(=O)O. The molecule has 0 heterocycles. The molecule has 0 aliphatic heterocycles. The first-order valence-corrected chi connectivity index (χ1v) is 11.4. The van der Waals surface area contributed by atoms with Gasteiger partial charge in [-0.15, -0.1) is 0 Å². The van der Waals surface area contributed by atoms with Gasteiger partial charge in [0.05, 0.1) is 22.5 Å². The van der Waals surface area contributed by atoms with Crippen LogP contribution in [0.1, 0.15) is 11.1 Å².